The molecule has 13 nitrogen and oxygen atoms in total. The first-order valence-electron chi connectivity index (χ1n) is 12.5. The second kappa shape index (κ2) is 10.6. The number of carboxylic acid groups (broad SMARTS) is 2. The lowest BCUT2D eigenvalue weighted by molar-refractivity contribution is -0.138. The second-order valence-electron chi connectivity index (χ2n) is 9.72. The third-order valence-corrected chi connectivity index (χ3v) is 7.03. The Morgan fingerprint density at radius 2 is 1.76 bits per heavy atom. The number of carbonyl (C=O) groups is 3. The SMILES string of the molecule is CN1COc2c(N3CCN(c4ccc(NC(=O)[C@@H](N)CC(=O)O)cc4F)CC3)c(F)cc3c(=O)c(C(=O)O)cn1c23. The smallest absolute Gasteiger partial charge is 0.341 e. The highest BCUT2D eigenvalue weighted by atomic mass is 19.1. The van der Waals surface area contributed by atoms with Crippen LogP contribution in [0.25, 0.3) is 10.9 Å². The second-order valence-corrected chi connectivity index (χ2v) is 9.72. The Hall–Kier alpha value is -4.92. The van der Waals surface area contributed by atoms with Crippen LogP contribution >= 0.6 is 0 Å². The molecular formula is C26H26F2N6O7. The number of aliphatic carboxylic acids is 1. The molecule has 0 spiro atoms. The van der Waals surface area contributed by atoms with Crippen molar-refractivity contribution in [1.29, 1.82) is 0 Å². The van der Waals surface area contributed by atoms with Gasteiger partial charge in [0.15, 0.2) is 18.3 Å². The number of pyridine rings is 1. The number of amides is 1. The van der Waals surface area contributed by atoms with Gasteiger partial charge >= 0.3 is 11.9 Å². The molecule has 2 aromatic carbocycles. The molecule has 0 bridgehead atoms. The zero-order valence-corrected chi connectivity index (χ0v) is 21.8. The quantitative estimate of drug-likeness (QED) is 0.318. The number of hydrogen-bond acceptors (Lipinski definition) is 9. The van der Waals surface area contributed by atoms with Crippen LogP contribution in [-0.4, -0.2) is 78.7 Å². The molecule has 5 N–H and O–H groups in total. The average Bonchev–Trinajstić information content (AvgIpc) is 2.91. The fourth-order valence-electron chi connectivity index (χ4n) is 5.00. The first-order valence-corrected chi connectivity index (χ1v) is 12.5. The number of piperazine rings is 1. The van der Waals surface area contributed by atoms with Crippen LogP contribution in [0.15, 0.2) is 35.3 Å². The first-order chi connectivity index (χ1) is 19.5. The molecule has 3 aromatic rings. The van der Waals surface area contributed by atoms with Gasteiger partial charge in [-0.05, 0) is 24.3 Å². The Morgan fingerprint density at radius 1 is 1.07 bits per heavy atom. The number of aromatic carboxylic acids is 1. The first kappa shape index (κ1) is 27.6. The number of rotatable bonds is 7. The number of nitrogens with one attached hydrogen (secondary N) is 1. The molecule has 0 aliphatic carbocycles. The maximum Gasteiger partial charge on any atom is 0.341 e. The minimum Gasteiger partial charge on any atom is -0.481 e. The Balaban J connectivity index is 1.37. The normalized spacial score (nSPS) is 15.5. The summed E-state index contributed by atoms with van der Waals surface area (Å²) < 4.78 is 37.8. The van der Waals surface area contributed by atoms with E-state index in [0.717, 1.165) is 12.1 Å². The minimum atomic E-state index is -1.42. The van der Waals surface area contributed by atoms with Crippen molar-refractivity contribution >= 4 is 45.8 Å². The van der Waals surface area contributed by atoms with Gasteiger partial charge in [-0.2, -0.15) is 0 Å². The standard InChI is InChI=1S/C26H26F2N6O7/c1-31-12-41-24-21-14(23(37)15(26(39)40)11-34(21)31)9-17(28)22(24)33-6-4-32(5-7-33)19-3-2-13(8-16(19)27)30-25(38)18(29)10-20(35)36/h2-3,8-9,11,18H,4-7,10,12,29H2,1H3,(H,30,38)(H,35,36)(H,39,40)/t18-/m0/s1. The third-order valence-electron chi connectivity index (χ3n) is 7.03. The molecule has 1 atom stereocenters. The van der Waals surface area contributed by atoms with Crippen LogP contribution in [0.2, 0.25) is 0 Å². The number of hydrogen-bond donors (Lipinski definition) is 4. The average molecular weight is 573 g/mol. The van der Waals surface area contributed by atoms with Gasteiger partial charge in [-0.3, -0.25) is 24.1 Å². The molecule has 5 rings (SSSR count). The number of anilines is 3. The summed E-state index contributed by atoms with van der Waals surface area (Å²) in [6, 6.07) is 3.78. The number of nitrogens with two attached hydrogens (primary N) is 1. The lowest BCUT2D eigenvalue weighted by atomic mass is 10.1. The van der Waals surface area contributed by atoms with E-state index in [1.807, 2.05) is 0 Å². The van der Waals surface area contributed by atoms with E-state index >= 15 is 4.39 Å². The summed E-state index contributed by atoms with van der Waals surface area (Å²) in [5.74, 6) is -4.67. The third kappa shape index (κ3) is 5.06. The van der Waals surface area contributed by atoms with Crippen molar-refractivity contribution in [3.63, 3.8) is 0 Å². The van der Waals surface area contributed by atoms with Gasteiger partial charge in [0, 0.05) is 45.1 Å². The fourth-order valence-corrected chi connectivity index (χ4v) is 5.00. The maximum absolute atomic E-state index is 15.5. The van der Waals surface area contributed by atoms with Crippen molar-refractivity contribution in [2.45, 2.75) is 12.5 Å². The molecule has 3 heterocycles. The Morgan fingerprint density at radius 3 is 2.39 bits per heavy atom. The Labute approximate surface area is 230 Å². The van der Waals surface area contributed by atoms with Crippen molar-refractivity contribution in [3.8, 4) is 5.75 Å². The number of carbonyl (C=O) groups excluding carboxylic acids is 1. The molecule has 0 radical (unpaired) electrons. The van der Waals surface area contributed by atoms with Crippen molar-refractivity contribution in [1.82, 2.24) is 4.68 Å². The summed E-state index contributed by atoms with van der Waals surface area (Å²) in [4.78, 5) is 50.7. The Bertz CT molecular complexity index is 1640. The summed E-state index contributed by atoms with van der Waals surface area (Å²) in [7, 11) is 1.63. The zero-order chi connectivity index (χ0) is 29.6. The number of aromatic nitrogens is 1. The van der Waals surface area contributed by atoms with Gasteiger partial charge in [-0.25, -0.2) is 13.6 Å². The van der Waals surface area contributed by atoms with Crippen molar-refractivity contribution in [2.75, 3.05) is 60.1 Å². The maximum atomic E-state index is 15.5. The van der Waals surface area contributed by atoms with Crippen LogP contribution < -0.4 is 36.0 Å². The fraction of sp³-hybridized carbons (Fsp3) is 0.308. The number of halogens is 2. The predicted molar refractivity (Wildman–Crippen MR) is 144 cm³/mol. The molecule has 2 aliphatic rings. The van der Waals surface area contributed by atoms with E-state index in [-0.39, 0.29) is 53.5 Å². The number of benzene rings is 2. The van der Waals surface area contributed by atoms with Crippen LogP contribution in [0, 0.1) is 11.6 Å². The molecule has 1 amide bonds. The Kier molecular flexibility index (Phi) is 7.13. The van der Waals surface area contributed by atoms with Gasteiger partial charge in [0.25, 0.3) is 0 Å². The van der Waals surface area contributed by atoms with Crippen molar-refractivity contribution in [2.24, 2.45) is 5.73 Å². The zero-order valence-electron chi connectivity index (χ0n) is 21.8. The van der Waals surface area contributed by atoms with E-state index in [4.69, 9.17) is 15.6 Å². The van der Waals surface area contributed by atoms with E-state index in [1.54, 1.807) is 21.9 Å². The van der Waals surface area contributed by atoms with E-state index in [0.29, 0.717) is 13.1 Å². The molecular weight excluding hydrogens is 546 g/mol. The molecule has 0 unspecified atom stereocenters. The van der Waals surface area contributed by atoms with Crippen LogP contribution in [-0.2, 0) is 9.59 Å². The monoisotopic (exact) mass is 572 g/mol. The number of carboxylic acids is 2. The highest BCUT2D eigenvalue weighted by molar-refractivity contribution is 5.98. The van der Waals surface area contributed by atoms with Crippen LogP contribution in [0.1, 0.15) is 16.8 Å². The number of ether oxygens (including phenoxy) is 1. The molecule has 1 saturated heterocycles. The van der Waals surface area contributed by atoms with Crippen LogP contribution in [0.5, 0.6) is 5.75 Å². The summed E-state index contributed by atoms with van der Waals surface area (Å²) >= 11 is 0. The van der Waals surface area contributed by atoms with Gasteiger partial charge in [0.05, 0.1) is 23.5 Å². The summed E-state index contributed by atoms with van der Waals surface area (Å²) in [6.45, 7) is 1.12. The largest absolute Gasteiger partial charge is 0.481 e. The van der Waals surface area contributed by atoms with E-state index < -0.39 is 52.9 Å². The van der Waals surface area contributed by atoms with E-state index in [2.05, 4.69) is 5.32 Å². The van der Waals surface area contributed by atoms with E-state index in [9.17, 15) is 28.7 Å². The van der Waals surface area contributed by atoms with Gasteiger partial charge in [0.1, 0.15) is 22.6 Å². The van der Waals surface area contributed by atoms with Crippen molar-refractivity contribution in [3.05, 3.63) is 57.9 Å². The topological polar surface area (TPSA) is 171 Å². The lowest BCUT2D eigenvalue weighted by Crippen LogP contribution is -2.47. The molecule has 41 heavy (non-hydrogen) atoms. The number of nitrogens with zero attached hydrogens (tertiary/aromatic N) is 4. The molecule has 15 heteroatoms. The molecule has 1 aromatic heterocycles. The molecule has 2 aliphatic heterocycles. The molecule has 1 fully saturated rings. The van der Waals surface area contributed by atoms with Gasteiger partial charge in [-0.1, -0.05) is 0 Å². The molecule has 0 saturated carbocycles. The highest BCUT2D eigenvalue weighted by Crippen LogP contribution is 2.40. The highest BCUT2D eigenvalue weighted by Gasteiger charge is 2.31. The van der Waals surface area contributed by atoms with Gasteiger partial charge < -0.3 is 35.8 Å². The van der Waals surface area contributed by atoms with Crippen LogP contribution in [0.4, 0.5) is 25.8 Å². The van der Waals surface area contributed by atoms with Gasteiger partial charge in [-0.15, -0.1) is 0 Å². The van der Waals surface area contributed by atoms with Crippen LogP contribution in [0.3, 0.4) is 0 Å². The molecule has 216 valence electrons. The van der Waals surface area contributed by atoms with E-state index in [1.165, 1.54) is 23.0 Å². The lowest BCUT2D eigenvalue weighted by Gasteiger charge is -2.39. The van der Waals surface area contributed by atoms with Gasteiger partial charge in [0.2, 0.25) is 11.3 Å². The summed E-state index contributed by atoms with van der Waals surface area (Å²) in [5.41, 5.74) is 4.97. The van der Waals surface area contributed by atoms with Crippen molar-refractivity contribution < 1.29 is 38.1 Å². The minimum absolute atomic E-state index is 0.0181. The summed E-state index contributed by atoms with van der Waals surface area (Å²) in [6.07, 6.45) is 0.618. The predicted octanol–water partition coefficient (Wildman–Crippen LogP) is 0.963. The summed E-state index contributed by atoms with van der Waals surface area (Å²) in [5, 5.41) is 22.1.